The SMILES string of the molecule is O=C(NCc1ccccc1)Nc1ccnc(Br)c1. The number of urea groups is 1. The molecule has 0 saturated heterocycles. The highest BCUT2D eigenvalue weighted by molar-refractivity contribution is 9.10. The fraction of sp³-hybridized carbons (Fsp3) is 0.0769. The molecule has 2 amide bonds. The predicted octanol–water partition coefficient (Wildman–Crippen LogP) is 3.17. The zero-order valence-corrected chi connectivity index (χ0v) is 11.1. The third-order valence-corrected chi connectivity index (χ3v) is 2.71. The molecule has 0 spiro atoms. The first-order valence-electron chi connectivity index (χ1n) is 5.44. The molecule has 1 heterocycles. The summed E-state index contributed by atoms with van der Waals surface area (Å²) in [5.41, 5.74) is 1.76. The van der Waals surface area contributed by atoms with Gasteiger partial charge in [-0.1, -0.05) is 30.3 Å². The van der Waals surface area contributed by atoms with Gasteiger partial charge >= 0.3 is 6.03 Å². The van der Waals surface area contributed by atoms with E-state index < -0.39 is 0 Å². The van der Waals surface area contributed by atoms with Crippen LogP contribution in [-0.2, 0) is 6.54 Å². The molecule has 4 nitrogen and oxygen atoms in total. The van der Waals surface area contributed by atoms with Gasteiger partial charge in [-0.25, -0.2) is 9.78 Å². The van der Waals surface area contributed by atoms with Gasteiger partial charge in [-0.05, 0) is 33.6 Å². The Bertz CT molecular complexity index is 531. The minimum Gasteiger partial charge on any atom is -0.334 e. The molecule has 0 atom stereocenters. The van der Waals surface area contributed by atoms with Gasteiger partial charge in [-0.2, -0.15) is 0 Å². The first-order valence-corrected chi connectivity index (χ1v) is 6.24. The van der Waals surface area contributed by atoms with E-state index >= 15 is 0 Å². The average Bonchev–Trinajstić information content (AvgIpc) is 2.38. The highest BCUT2D eigenvalue weighted by atomic mass is 79.9. The Balaban J connectivity index is 1.86. The summed E-state index contributed by atoms with van der Waals surface area (Å²) in [7, 11) is 0. The van der Waals surface area contributed by atoms with Crippen LogP contribution in [0.4, 0.5) is 10.5 Å². The Kier molecular flexibility index (Phi) is 4.30. The molecule has 0 radical (unpaired) electrons. The highest BCUT2D eigenvalue weighted by Crippen LogP contribution is 2.12. The summed E-state index contributed by atoms with van der Waals surface area (Å²) in [4.78, 5) is 15.6. The number of hydrogen-bond donors (Lipinski definition) is 2. The van der Waals surface area contributed by atoms with Crippen LogP contribution in [0.15, 0.2) is 53.3 Å². The van der Waals surface area contributed by atoms with Crippen molar-refractivity contribution in [1.29, 1.82) is 0 Å². The minimum absolute atomic E-state index is 0.239. The number of anilines is 1. The van der Waals surface area contributed by atoms with Gasteiger partial charge in [0.1, 0.15) is 4.60 Å². The van der Waals surface area contributed by atoms with Crippen LogP contribution >= 0.6 is 15.9 Å². The zero-order valence-electron chi connectivity index (χ0n) is 9.56. The van der Waals surface area contributed by atoms with Crippen LogP contribution in [0.2, 0.25) is 0 Å². The van der Waals surface area contributed by atoms with Crippen molar-refractivity contribution < 1.29 is 4.79 Å². The summed E-state index contributed by atoms with van der Waals surface area (Å²) >= 11 is 3.24. The molecular formula is C13H12BrN3O. The number of benzene rings is 1. The molecule has 2 aromatic rings. The molecule has 0 fully saturated rings. The number of aromatic nitrogens is 1. The monoisotopic (exact) mass is 305 g/mol. The smallest absolute Gasteiger partial charge is 0.319 e. The molecule has 2 rings (SSSR count). The van der Waals surface area contributed by atoms with Gasteiger partial charge in [0, 0.05) is 18.4 Å². The van der Waals surface area contributed by atoms with E-state index in [0.717, 1.165) is 5.56 Å². The van der Waals surface area contributed by atoms with Crippen LogP contribution in [0.1, 0.15) is 5.56 Å². The van der Waals surface area contributed by atoms with E-state index in [4.69, 9.17) is 0 Å². The number of amides is 2. The van der Waals surface area contributed by atoms with E-state index in [2.05, 4.69) is 31.5 Å². The lowest BCUT2D eigenvalue weighted by molar-refractivity contribution is 0.251. The van der Waals surface area contributed by atoms with E-state index in [0.29, 0.717) is 16.8 Å². The molecule has 0 aliphatic heterocycles. The summed E-state index contributed by atoms with van der Waals surface area (Å²) in [6, 6.07) is 13.0. The third-order valence-electron chi connectivity index (χ3n) is 2.28. The van der Waals surface area contributed by atoms with Gasteiger partial charge in [0.25, 0.3) is 0 Å². The quantitative estimate of drug-likeness (QED) is 0.856. The standard InChI is InChI=1S/C13H12BrN3O/c14-12-8-11(6-7-15-12)17-13(18)16-9-10-4-2-1-3-5-10/h1-8H,9H2,(H2,15,16,17,18). The molecule has 0 aliphatic rings. The lowest BCUT2D eigenvalue weighted by atomic mass is 10.2. The van der Waals surface area contributed by atoms with E-state index in [1.165, 1.54) is 0 Å². The maximum atomic E-state index is 11.6. The Morgan fingerprint density at radius 3 is 2.72 bits per heavy atom. The van der Waals surface area contributed by atoms with E-state index in [1.807, 2.05) is 30.3 Å². The lowest BCUT2D eigenvalue weighted by Gasteiger charge is -2.07. The summed E-state index contributed by atoms with van der Waals surface area (Å²) in [6.45, 7) is 0.499. The maximum Gasteiger partial charge on any atom is 0.319 e. The van der Waals surface area contributed by atoms with Crippen molar-refractivity contribution in [2.45, 2.75) is 6.54 Å². The predicted molar refractivity (Wildman–Crippen MR) is 74.2 cm³/mol. The second-order valence-electron chi connectivity index (χ2n) is 3.66. The fourth-order valence-electron chi connectivity index (χ4n) is 1.43. The Morgan fingerprint density at radius 2 is 2.00 bits per heavy atom. The van der Waals surface area contributed by atoms with Gasteiger partial charge in [0.05, 0.1) is 0 Å². The molecule has 0 bridgehead atoms. The van der Waals surface area contributed by atoms with Crippen LogP contribution in [0.5, 0.6) is 0 Å². The number of nitrogens with zero attached hydrogens (tertiary/aromatic N) is 1. The van der Waals surface area contributed by atoms with Crippen molar-refractivity contribution in [2.24, 2.45) is 0 Å². The first kappa shape index (κ1) is 12.6. The summed E-state index contributed by atoms with van der Waals surface area (Å²) < 4.78 is 0.684. The van der Waals surface area contributed by atoms with Gasteiger partial charge in [0.2, 0.25) is 0 Å². The molecule has 2 N–H and O–H groups in total. The van der Waals surface area contributed by atoms with E-state index in [-0.39, 0.29) is 6.03 Å². The fourth-order valence-corrected chi connectivity index (χ4v) is 1.80. The van der Waals surface area contributed by atoms with E-state index in [1.54, 1.807) is 18.3 Å². The number of pyridine rings is 1. The molecule has 1 aromatic carbocycles. The largest absolute Gasteiger partial charge is 0.334 e. The van der Waals surface area contributed by atoms with Gasteiger partial charge in [0.15, 0.2) is 0 Å². The van der Waals surface area contributed by atoms with Crippen molar-refractivity contribution in [3.05, 3.63) is 58.8 Å². The molecule has 0 aliphatic carbocycles. The van der Waals surface area contributed by atoms with Crippen LogP contribution in [0.25, 0.3) is 0 Å². The Labute approximate surface area is 114 Å². The minimum atomic E-state index is -0.239. The van der Waals surface area contributed by atoms with Crippen molar-refractivity contribution >= 4 is 27.6 Å². The average molecular weight is 306 g/mol. The van der Waals surface area contributed by atoms with Gasteiger partial charge in [-0.3, -0.25) is 0 Å². The van der Waals surface area contributed by atoms with E-state index in [9.17, 15) is 4.79 Å². The van der Waals surface area contributed by atoms with Gasteiger partial charge in [-0.15, -0.1) is 0 Å². The first-order chi connectivity index (χ1) is 8.74. The van der Waals surface area contributed by atoms with Crippen LogP contribution in [0, 0.1) is 0 Å². The number of carbonyl (C=O) groups is 1. The molecule has 92 valence electrons. The van der Waals surface area contributed by atoms with Crippen LogP contribution in [0.3, 0.4) is 0 Å². The number of carbonyl (C=O) groups excluding carboxylic acids is 1. The van der Waals surface area contributed by atoms with Crippen molar-refractivity contribution in [3.8, 4) is 0 Å². The molecule has 0 unspecified atom stereocenters. The Morgan fingerprint density at radius 1 is 1.22 bits per heavy atom. The number of halogens is 1. The summed E-state index contributed by atoms with van der Waals surface area (Å²) in [5, 5.41) is 5.51. The van der Waals surface area contributed by atoms with Crippen molar-refractivity contribution in [2.75, 3.05) is 5.32 Å². The Hall–Kier alpha value is -1.88. The lowest BCUT2D eigenvalue weighted by Crippen LogP contribution is -2.28. The number of hydrogen-bond acceptors (Lipinski definition) is 2. The summed E-state index contributed by atoms with van der Waals surface area (Å²) in [5.74, 6) is 0. The van der Waals surface area contributed by atoms with Crippen LogP contribution < -0.4 is 10.6 Å². The molecule has 5 heteroatoms. The number of rotatable bonds is 3. The maximum absolute atomic E-state index is 11.6. The second kappa shape index (κ2) is 6.16. The third kappa shape index (κ3) is 3.85. The number of nitrogens with one attached hydrogen (secondary N) is 2. The second-order valence-corrected chi connectivity index (χ2v) is 4.47. The topological polar surface area (TPSA) is 54.0 Å². The van der Waals surface area contributed by atoms with Crippen LogP contribution in [-0.4, -0.2) is 11.0 Å². The highest BCUT2D eigenvalue weighted by Gasteiger charge is 2.01. The van der Waals surface area contributed by atoms with Crippen molar-refractivity contribution in [3.63, 3.8) is 0 Å². The van der Waals surface area contributed by atoms with Gasteiger partial charge < -0.3 is 10.6 Å². The normalized spacial score (nSPS) is 9.83. The molecule has 1 aromatic heterocycles. The zero-order chi connectivity index (χ0) is 12.8. The molecule has 0 saturated carbocycles. The summed E-state index contributed by atoms with van der Waals surface area (Å²) in [6.07, 6.45) is 1.62. The molecule has 18 heavy (non-hydrogen) atoms. The van der Waals surface area contributed by atoms with Crippen molar-refractivity contribution in [1.82, 2.24) is 10.3 Å². The molecular weight excluding hydrogens is 294 g/mol.